The molecular weight excluding hydrogens is 180 g/mol. The van der Waals surface area contributed by atoms with Crippen LogP contribution in [0.4, 0.5) is 0 Å². The van der Waals surface area contributed by atoms with Crippen molar-refractivity contribution in [2.24, 2.45) is 0 Å². The van der Waals surface area contributed by atoms with Crippen molar-refractivity contribution in [3.05, 3.63) is 17.7 Å². The maximum Gasteiger partial charge on any atom is 0.200 e. The molecule has 3 heteroatoms. The molecule has 0 radical (unpaired) electrons. The fourth-order valence-electron chi connectivity index (χ4n) is 1.02. The van der Waals surface area contributed by atoms with Gasteiger partial charge in [0.1, 0.15) is 0 Å². The number of hydrogen-bond donors (Lipinski definition) is 1. The van der Waals surface area contributed by atoms with Gasteiger partial charge in [-0.2, -0.15) is 0 Å². The Morgan fingerprint density at radius 1 is 1.00 bits per heavy atom. The molecule has 0 aliphatic carbocycles. The molecule has 0 atom stereocenters. The first-order valence-electron chi connectivity index (χ1n) is 4.60. The highest BCUT2D eigenvalue weighted by Crippen LogP contribution is 2.36. The smallest absolute Gasteiger partial charge is 0.200 e. The molecule has 80 valence electrons. The summed E-state index contributed by atoms with van der Waals surface area (Å²) in [6.07, 6.45) is 0. The van der Waals surface area contributed by atoms with E-state index < -0.39 is 0 Å². The molecule has 1 N–H and O–H groups in total. The van der Waals surface area contributed by atoms with Gasteiger partial charge in [-0.3, -0.25) is 0 Å². The van der Waals surface area contributed by atoms with Crippen LogP contribution in [0.2, 0.25) is 0 Å². The highest BCUT2D eigenvalue weighted by molar-refractivity contribution is 5.52. The maximum atomic E-state index is 9.46. The lowest BCUT2D eigenvalue weighted by Crippen LogP contribution is -1.89. The molecule has 0 saturated heterocycles. The Morgan fingerprint density at radius 3 is 1.64 bits per heavy atom. The molecule has 0 saturated carbocycles. The molecule has 0 heterocycles. The predicted molar refractivity (Wildman–Crippen MR) is 57.3 cm³/mol. The zero-order valence-corrected chi connectivity index (χ0v) is 9.42. The molecule has 0 unspecified atom stereocenters. The molecule has 0 spiro atoms. The normalized spacial score (nSPS) is 8.64. The summed E-state index contributed by atoms with van der Waals surface area (Å²) in [4.78, 5) is 0. The summed E-state index contributed by atoms with van der Waals surface area (Å²) < 4.78 is 9.88. The molecule has 0 amide bonds. The molecule has 1 rings (SSSR count). The minimum Gasteiger partial charge on any atom is -0.502 e. The van der Waals surface area contributed by atoms with Crippen molar-refractivity contribution in [2.45, 2.75) is 20.8 Å². The van der Waals surface area contributed by atoms with Crippen LogP contribution >= 0.6 is 0 Å². The van der Waals surface area contributed by atoms with Gasteiger partial charge in [0.15, 0.2) is 11.5 Å². The number of hydrogen-bond acceptors (Lipinski definition) is 3. The summed E-state index contributed by atoms with van der Waals surface area (Å²) in [5, 5.41) is 9.46. The maximum absolute atomic E-state index is 9.46. The number of ether oxygens (including phenoxy) is 2. The van der Waals surface area contributed by atoms with E-state index in [0.29, 0.717) is 11.5 Å². The van der Waals surface area contributed by atoms with Crippen LogP contribution in [0, 0.1) is 6.92 Å². The van der Waals surface area contributed by atoms with Crippen molar-refractivity contribution < 1.29 is 14.6 Å². The Balaban J connectivity index is 0.000000791. The Kier molecular flexibility index (Phi) is 5.53. The van der Waals surface area contributed by atoms with E-state index in [9.17, 15) is 5.11 Å². The zero-order chi connectivity index (χ0) is 11.1. The second-order valence-electron chi connectivity index (χ2n) is 2.52. The average molecular weight is 198 g/mol. The second kappa shape index (κ2) is 6.13. The predicted octanol–water partition coefficient (Wildman–Crippen LogP) is 2.74. The standard InChI is InChI=1S/C9H12O3.C2H6/c1-6-4-7(11-2)9(10)8(5-6)12-3;1-2/h4-5,10H,1-3H3;1-2H3. The van der Waals surface area contributed by atoms with Crippen molar-refractivity contribution in [1.82, 2.24) is 0 Å². The summed E-state index contributed by atoms with van der Waals surface area (Å²) in [5.74, 6) is 0.921. The van der Waals surface area contributed by atoms with Crippen LogP contribution in [0.15, 0.2) is 12.1 Å². The largest absolute Gasteiger partial charge is 0.502 e. The van der Waals surface area contributed by atoms with Crippen molar-refractivity contribution in [1.29, 1.82) is 0 Å². The highest BCUT2D eigenvalue weighted by atomic mass is 16.5. The van der Waals surface area contributed by atoms with Crippen molar-refractivity contribution in [3.8, 4) is 17.2 Å². The third kappa shape index (κ3) is 2.83. The summed E-state index contributed by atoms with van der Waals surface area (Å²) in [5.41, 5.74) is 0.988. The number of phenols is 1. The first-order chi connectivity index (χ1) is 6.69. The minimum absolute atomic E-state index is 0.0469. The first-order valence-corrected chi connectivity index (χ1v) is 4.60. The molecule has 0 aliphatic rings. The van der Waals surface area contributed by atoms with E-state index in [0.717, 1.165) is 5.56 Å². The number of methoxy groups -OCH3 is 2. The summed E-state index contributed by atoms with van der Waals surface area (Å²) in [6, 6.07) is 3.50. The van der Waals surface area contributed by atoms with E-state index in [1.165, 1.54) is 14.2 Å². The Bertz CT molecular complexity index is 257. The van der Waals surface area contributed by atoms with Gasteiger partial charge in [-0.05, 0) is 24.6 Å². The van der Waals surface area contributed by atoms with Crippen LogP contribution in [0.3, 0.4) is 0 Å². The topological polar surface area (TPSA) is 38.7 Å². The lowest BCUT2D eigenvalue weighted by atomic mass is 10.2. The number of aromatic hydroxyl groups is 1. The van der Waals surface area contributed by atoms with Gasteiger partial charge in [0.05, 0.1) is 14.2 Å². The lowest BCUT2D eigenvalue weighted by molar-refractivity contribution is 0.339. The van der Waals surface area contributed by atoms with E-state index in [-0.39, 0.29) is 5.75 Å². The van der Waals surface area contributed by atoms with Crippen LogP contribution in [0.25, 0.3) is 0 Å². The Hall–Kier alpha value is -1.38. The molecule has 0 aromatic heterocycles. The fraction of sp³-hybridized carbons (Fsp3) is 0.455. The van der Waals surface area contributed by atoms with Crippen molar-refractivity contribution in [2.75, 3.05) is 14.2 Å². The van der Waals surface area contributed by atoms with Gasteiger partial charge in [0.25, 0.3) is 0 Å². The van der Waals surface area contributed by atoms with Gasteiger partial charge in [-0.15, -0.1) is 0 Å². The summed E-state index contributed by atoms with van der Waals surface area (Å²) in [7, 11) is 3.02. The SMILES string of the molecule is CC.COc1cc(C)cc(OC)c1O. The summed E-state index contributed by atoms with van der Waals surface area (Å²) >= 11 is 0. The second-order valence-corrected chi connectivity index (χ2v) is 2.52. The summed E-state index contributed by atoms with van der Waals surface area (Å²) in [6.45, 7) is 5.91. The van der Waals surface area contributed by atoms with Crippen LogP contribution < -0.4 is 9.47 Å². The molecule has 0 aliphatic heterocycles. The third-order valence-corrected chi connectivity index (χ3v) is 1.62. The molecular formula is C11H18O3. The fourth-order valence-corrected chi connectivity index (χ4v) is 1.02. The van der Waals surface area contributed by atoms with Crippen molar-refractivity contribution in [3.63, 3.8) is 0 Å². The van der Waals surface area contributed by atoms with Gasteiger partial charge >= 0.3 is 0 Å². The zero-order valence-electron chi connectivity index (χ0n) is 9.42. The van der Waals surface area contributed by atoms with Gasteiger partial charge in [0.2, 0.25) is 5.75 Å². The molecule has 1 aromatic carbocycles. The van der Waals surface area contributed by atoms with Crippen LogP contribution in [0.5, 0.6) is 17.2 Å². The molecule has 3 nitrogen and oxygen atoms in total. The number of phenolic OH excluding ortho intramolecular Hbond substituents is 1. The lowest BCUT2D eigenvalue weighted by Gasteiger charge is -2.08. The van der Waals surface area contributed by atoms with E-state index in [1.807, 2.05) is 20.8 Å². The highest BCUT2D eigenvalue weighted by Gasteiger charge is 2.08. The van der Waals surface area contributed by atoms with Crippen LogP contribution in [0.1, 0.15) is 19.4 Å². The van der Waals surface area contributed by atoms with Crippen LogP contribution in [-0.2, 0) is 0 Å². The number of rotatable bonds is 2. The number of benzene rings is 1. The van der Waals surface area contributed by atoms with E-state index in [1.54, 1.807) is 12.1 Å². The Morgan fingerprint density at radius 2 is 1.36 bits per heavy atom. The van der Waals surface area contributed by atoms with Gasteiger partial charge in [-0.1, -0.05) is 13.8 Å². The van der Waals surface area contributed by atoms with E-state index in [2.05, 4.69) is 0 Å². The van der Waals surface area contributed by atoms with Gasteiger partial charge in [-0.25, -0.2) is 0 Å². The third-order valence-electron chi connectivity index (χ3n) is 1.62. The van der Waals surface area contributed by atoms with Gasteiger partial charge in [0, 0.05) is 0 Å². The van der Waals surface area contributed by atoms with E-state index in [4.69, 9.17) is 9.47 Å². The van der Waals surface area contributed by atoms with Crippen molar-refractivity contribution >= 4 is 0 Å². The average Bonchev–Trinajstić information content (AvgIpc) is 2.23. The first kappa shape index (κ1) is 12.6. The minimum atomic E-state index is 0.0469. The molecule has 1 aromatic rings. The number of aryl methyl sites for hydroxylation is 1. The molecule has 0 fully saturated rings. The molecule has 0 bridgehead atoms. The quantitative estimate of drug-likeness (QED) is 0.794. The monoisotopic (exact) mass is 198 g/mol. The van der Waals surface area contributed by atoms with Gasteiger partial charge < -0.3 is 14.6 Å². The molecule has 14 heavy (non-hydrogen) atoms. The van der Waals surface area contributed by atoms with E-state index >= 15 is 0 Å². The van der Waals surface area contributed by atoms with Crippen LogP contribution in [-0.4, -0.2) is 19.3 Å². The Labute approximate surface area is 85.3 Å².